The first-order chi connectivity index (χ1) is 22.3. The number of ether oxygens (including phenoxy) is 2. The second-order valence-corrected chi connectivity index (χ2v) is 17.2. The first-order valence-electron chi connectivity index (χ1n) is 14.9. The monoisotopic (exact) mass is 721 g/mol. The Balaban J connectivity index is 1.60. The normalized spacial score (nSPS) is 12.3. The van der Waals surface area contributed by atoms with E-state index in [1.54, 1.807) is 41.7 Å². The van der Waals surface area contributed by atoms with E-state index in [0.29, 0.717) is 45.5 Å². The number of carbonyl (C=O) groups is 2. The van der Waals surface area contributed by atoms with Crippen LogP contribution in [0.25, 0.3) is 5.69 Å². The highest BCUT2D eigenvalue weighted by Crippen LogP contribution is 2.39. The summed E-state index contributed by atoms with van der Waals surface area (Å²) in [6, 6.07) is 4.90. The van der Waals surface area contributed by atoms with E-state index < -0.39 is 11.4 Å². The fraction of sp³-hybridized carbons (Fsp3) is 0.567. The minimum absolute atomic E-state index is 0.0396. The number of nitrogen functional groups attached to an aromatic ring is 1. The van der Waals surface area contributed by atoms with Gasteiger partial charge in [-0.25, -0.2) is 9.48 Å². The highest BCUT2D eigenvalue weighted by molar-refractivity contribution is 8.15. The van der Waals surface area contributed by atoms with Gasteiger partial charge in [0.2, 0.25) is 0 Å². The average Bonchev–Trinajstić information content (AvgIpc) is 3.61. The number of nitrogens with zero attached hydrogens (tertiary/aromatic N) is 8. The number of rotatable bonds is 18. The summed E-state index contributed by atoms with van der Waals surface area (Å²) in [6.45, 7) is 13.7. The lowest BCUT2D eigenvalue weighted by atomic mass is 9.91. The molecule has 3 rings (SSSR count). The molecule has 0 spiro atoms. The Morgan fingerprint density at radius 2 is 1.85 bits per heavy atom. The predicted octanol–water partition coefficient (Wildman–Crippen LogP) is 8.23. The van der Waals surface area contributed by atoms with Crippen molar-refractivity contribution in [3.05, 3.63) is 35.0 Å². The smallest absolute Gasteiger partial charge is 0.337 e. The van der Waals surface area contributed by atoms with Crippen molar-refractivity contribution in [3.63, 3.8) is 0 Å². The van der Waals surface area contributed by atoms with Crippen molar-refractivity contribution in [2.75, 3.05) is 41.9 Å². The summed E-state index contributed by atoms with van der Waals surface area (Å²) in [4.78, 5) is 23.1. The van der Waals surface area contributed by atoms with Crippen LogP contribution in [0.1, 0.15) is 76.0 Å². The number of carbonyl (C=O) groups excluding carboxylic acids is 2. The number of aromatic nitrogens is 4. The Labute approximate surface area is 292 Å². The van der Waals surface area contributed by atoms with E-state index in [9.17, 15) is 9.59 Å². The zero-order valence-corrected chi connectivity index (χ0v) is 31.2. The van der Waals surface area contributed by atoms with E-state index in [1.807, 2.05) is 32.5 Å². The number of thioether (sulfide) groups is 3. The molecule has 256 valence electrons. The lowest BCUT2D eigenvalue weighted by Gasteiger charge is -2.15. The molecule has 0 atom stereocenters. The van der Waals surface area contributed by atoms with Crippen molar-refractivity contribution in [1.29, 1.82) is 0 Å². The van der Waals surface area contributed by atoms with E-state index in [4.69, 9.17) is 20.3 Å². The van der Waals surface area contributed by atoms with E-state index >= 15 is 0 Å². The van der Waals surface area contributed by atoms with Gasteiger partial charge in [0.1, 0.15) is 12.5 Å². The molecule has 47 heavy (non-hydrogen) atoms. The summed E-state index contributed by atoms with van der Waals surface area (Å²) < 4.78 is 12.1. The average molecular weight is 722 g/mol. The molecule has 0 unspecified atom stereocenters. The van der Waals surface area contributed by atoms with Crippen LogP contribution in [-0.2, 0) is 26.3 Å². The summed E-state index contributed by atoms with van der Waals surface area (Å²) in [5.74, 6) is 2.36. The second-order valence-electron chi connectivity index (χ2n) is 12.5. The Kier molecular flexibility index (Phi) is 15.1. The molecule has 0 aliphatic carbocycles. The van der Waals surface area contributed by atoms with E-state index in [2.05, 4.69) is 51.4 Å². The van der Waals surface area contributed by atoms with Gasteiger partial charge in [0.25, 0.3) is 11.6 Å². The second kappa shape index (κ2) is 18.5. The van der Waals surface area contributed by atoms with E-state index in [0.717, 1.165) is 40.3 Å². The summed E-state index contributed by atoms with van der Waals surface area (Å²) in [5.41, 5.74) is 8.71. The molecule has 2 N–H and O–H groups in total. The van der Waals surface area contributed by atoms with E-state index in [1.165, 1.54) is 23.1 Å². The number of methoxy groups -OCH3 is 1. The SMILES string of the molecule is COC(=O)c1cc(COC=O)cc(-n2nc(C(C)(C)C)c(N=Nc3nnc(SCCCSCSCN=NCCC(C)(C)C)s3)c2N)c1. The zero-order valence-electron chi connectivity index (χ0n) is 27.9. The van der Waals surface area contributed by atoms with Crippen LogP contribution in [0.4, 0.5) is 16.6 Å². The maximum atomic E-state index is 12.3. The fourth-order valence-electron chi connectivity index (χ4n) is 3.88. The molecule has 0 amide bonds. The highest BCUT2D eigenvalue weighted by atomic mass is 32.2. The van der Waals surface area contributed by atoms with Gasteiger partial charge < -0.3 is 15.2 Å². The van der Waals surface area contributed by atoms with Crippen LogP contribution in [0.3, 0.4) is 0 Å². The molecule has 1 aromatic carbocycles. The number of hydrogen-bond acceptors (Lipinski definition) is 16. The minimum atomic E-state index is -0.551. The third kappa shape index (κ3) is 12.8. The summed E-state index contributed by atoms with van der Waals surface area (Å²) in [7, 11) is 1.29. The molecule has 0 saturated carbocycles. The van der Waals surface area contributed by atoms with Crippen molar-refractivity contribution in [1.82, 2.24) is 20.0 Å². The van der Waals surface area contributed by atoms with Gasteiger partial charge in [0.05, 0.1) is 30.6 Å². The molecule has 2 aromatic heterocycles. The van der Waals surface area contributed by atoms with Crippen molar-refractivity contribution >= 4 is 75.7 Å². The molecule has 0 aliphatic rings. The molecule has 17 heteroatoms. The van der Waals surface area contributed by atoms with Gasteiger partial charge in [-0.15, -0.1) is 32.2 Å². The van der Waals surface area contributed by atoms with Gasteiger partial charge in [0, 0.05) is 16.3 Å². The number of anilines is 1. The number of nitrogens with two attached hydrogens (primary N) is 1. The standard InChI is InChI=1S/C30H43N9O4S4/c1-29(2,3)9-10-32-33-17-45-19-44-11-8-12-46-28-37-36-27(47-28)35-34-23-24(30(4,5)6)38-39(25(23)31)22-14-20(16-43-18-40)13-21(15-22)26(41)42-7/h13-15,18H,8-12,16-17,19,31H2,1-7H3. The summed E-state index contributed by atoms with van der Waals surface area (Å²) in [5, 5.41) is 31.9. The van der Waals surface area contributed by atoms with Crippen molar-refractivity contribution in [2.45, 2.75) is 70.7 Å². The molecule has 0 bridgehead atoms. The maximum Gasteiger partial charge on any atom is 0.337 e. The van der Waals surface area contributed by atoms with E-state index in [-0.39, 0.29) is 18.0 Å². The Bertz CT molecular complexity index is 1530. The fourth-order valence-corrected chi connectivity index (χ4v) is 7.48. The topological polar surface area (TPSA) is 172 Å². The predicted molar refractivity (Wildman–Crippen MR) is 192 cm³/mol. The quantitative estimate of drug-likeness (QED) is 0.0335. The van der Waals surface area contributed by atoms with Crippen LogP contribution in [0.5, 0.6) is 0 Å². The van der Waals surface area contributed by atoms with Gasteiger partial charge in [-0.2, -0.15) is 27.1 Å². The Hall–Kier alpha value is -3.02. The van der Waals surface area contributed by atoms with Gasteiger partial charge in [-0.1, -0.05) is 64.6 Å². The first kappa shape index (κ1) is 38.4. The molecule has 3 aromatic rings. The van der Waals surface area contributed by atoms with Crippen LogP contribution in [0.15, 0.2) is 43.0 Å². The van der Waals surface area contributed by atoms with Crippen LogP contribution in [0, 0.1) is 5.41 Å². The molecule has 0 aliphatic heterocycles. The van der Waals surface area contributed by atoms with Gasteiger partial charge in [-0.05, 0) is 47.8 Å². The lowest BCUT2D eigenvalue weighted by molar-refractivity contribution is -0.129. The molecular weight excluding hydrogens is 679 g/mol. The van der Waals surface area contributed by atoms with Crippen molar-refractivity contribution in [3.8, 4) is 5.69 Å². The van der Waals surface area contributed by atoms with Crippen molar-refractivity contribution in [2.24, 2.45) is 25.9 Å². The number of azo groups is 2. The molecule has 0 fully saturated rings. The zero-order chi connectivity index (χ0) is 34.5. The van der Waals surface area contributed by atoms with Gasteiger partial charge >= 0.3 is 5.97 Å². The Morgan fingerprint density at radius 1 is 1.06 bits per heavy atom. The number of benzene rings is 1. The van der Waals surface area contributed by atoms with Crippen molar-refractivity contribution < 1.29 is 19.1 Å². The van der Waals surface area contributed by atoms with Crippen LogP contribution in [-0.4, -0.2) is 68.5 Å². The molecular formula is C30H43N9O4S4. The molecule has 0 saturated heterocycles. The first-order valence-corrected chi connectivity index (χ1v) is 19.0. The maximum absolute atomic E-state index is 12.3. The Morgan fingerprint density at radius 3 is 2.55 bits per heavy atom. The number of hydrogen-bond donors (Lipinski definition) is 1. The third-order valence-electron chi connectivity index (χ3n) is 6.23. The molecule has 0 radical (unpaired) electrons. The molecule has 13 nitrogen and oxygen atoms in total. The summed E-state index contributed by atoms with van der Waals surface area (Å²) in [6.07, 6.45) is 2.09. The lowest BCUT2D eigenvalue weighted by Crippen LogP contribution is -2.13. The van der Waals surface area contributed by atoms with Crippen LogP contribution < -0.4 is 5.73 Å². The largest absolute Gasteiger partial charge is 0.465 e. The highest BCUT2D eigenvalue weighted by Gasteiger charge is 2.27. The van der Waals surface area contributed by atoms with Crippen LogP contribution in [0.2, 0.25) is 0 Å². The van der Waals surface area contributed by atoms with Crippen LogP contribution >= 0.6 is 46.6 Å². The minimum Gasteiger partial charge on any atom is -0.465 e. The third-order valence-corrected chi connectivity index (χ3v) is 10.5. The van der Waals surface area contributed by atoms with Gasteiger partial charge in [0.15, 0.2) is 15.8 Å². The summed E-state index contributed by atoms with van der Waals surface area (Å²) >= 11 is 6.69. The number of esters is 1. The molecule has 2 heterocycles. The van der Waals surface area contributed by atoms with Gasteiger partial charge in [-0.3, -0.25) is 4.79 Å².